The Morgan fingerprint density at radius 3 is 1.56 bits per heavy atom. The molecule has 27 heavy (non-hydrogen) atoms. The third-order valence-corrected chi connectivity index (χ3v) is 5.71. The molecule has 162 valence electrons. The predicted molar refractivity (Wildman–Crippen MR) is 121 cm³/mol. The Balaban J connectivity index is 1.83. The molecule has 0 aliphatic carbocycles. The number of unbranched alkanes of at least 4 members (excludes halogenated alkanes) is 9. The molecule has 0 bridgehead atoms. The summed E-state index contributed by atoms with van der Waals surface area (Å²) in [5, 5.41) is 0. The Hall–Kier alpha value is -0.0800. The summed E-state index contributed by atoms with van der Waals surface area (Å²) in [5.41, 5.74) is 0.537. The lowest BCUT2D eigenvalue weighted by molar-refractivity contribution is -0.0820. The maximum atomic E-state index is 6.13. The minimum absolute atomic E-state index is 0.0132. The van der Waals surface area contributed by atoms with Crippen LogP contribution in [0.1, 0.15) is 125 Å². The lowest BCUT2D eigenvalue weighted by atomic mass is 9.89. The second kappa shape index (κ2) is 13.2. The fourth-order valence-corrected chi connectivity index (χ4v) is 4.16. The van der Waals surface area contributed by atoms with E-state index < -0.39 is 0 Å². The molecule has 1 saturated heterocycles. The first kappa shape index (κ1) is 25.0. The molecule has 1 aliphatic heterocycles. The van der Waals surface area contributed by atoms with Crippen molar-refractivity contribution in [2.24, 2.45) is 5.41 Å². The number of nitrogens with zero attached hydrogens (tertiary/aromatic N) is 1. The molecule has 0 radical (unpaired) electrons. The highest BCUT2D eigenvalue weighted by Gasteiger charge is 2.23. The van der Waals surface area contributed by atoms with E-state index in [4.69, 9.17) is 4.74 Å². The maximum Gasteiger partial charge on any atom is 0.0606 e. The van der Waals surface area contributed by atoms with Gasteiger partial charge in [-0.05, 0) is 58.4 Å². The van der Waals surface area contributed by atoms with Gasteiger partial charge in [0.25, 0.3) is 0 Å². The second-order valence-corrected chi connectivity index (χ2v) is 11.1. The molecule has 0 saturated carbocycles. The molecule has 0 atom stereocenters. The Labute approximate surface area is 171 Å². The molecule has 1 rings (SSSR count). The van der Waals surface area contributed by atoms with E-state index in [9.17, 15) is 0 Å². The summed E-state index contributed by atoms with van der Waals surface area (Å²) in [5.74, 6) is 0. The van der Waals surface area contributed by atoms with Crippen LogP contribution >= 0.6 is 0 Å². The highest BCUT2D eigenvalue weighted by Crippen LogP contribution is 2.23. The van der Waals surface area contributed by atoms with Crippen molar-refractivity contribution in [1.82, 2.24) is 4.90 Å². The topological polar surface area (TPSA) is 12.5 Å². The molecule has 2 heteroatoms. The summed E-state index contributed by atoms with van der Waals surface area (Å²) in [6.07, 6.45) is 18.7. The van der Waals surface area contributed by atoms with Crippen LogP contribution in [0.5, 0.6) is 0 Å². The Bertz CT molecular complexity index is 344. The van der Waals surface area contributed by atoms with Gasteiger partial charge in [0.1, 0.15) is 0 Å². The number of hydrogen-bond acceptors (Lipinski definition) is 2. The van der Waals surface area contributed by atoms with Crippen LogP contribution in [0.2, 0.25) is 0 Å². The highest BCUT2D eigenvalue weighted by atomic mass is 16.5. The van der Waals surface area contributed by atoms with Gasteiger partial charge in [0, 0.05) is 13.1 Å². The summed E-state index contributed by atoms with van der Waals surface area (Å²) in [4.78, 5) is 2.65. The normalized spacial score (nSPS) is 17.6. The first-order valence-electron chi connectivity index (χ1n) is 12.1. The number of hydrogen-bond donors (Lipinski definition) is 0. The van der Waals surface area contributed by atoms with Crippen LogP contribution in [-0.2, 0) is 4.74 Å². The van der Waals surface area contributed by atoms with Gasteiger partial charge in [-0.25, -0.2) is 0 Å². The zero-order chi connectivity index (χ0) is 20.2. The van der Waals surface area contributed by atoms with E-state index >= 15 is 0 Å². The lowest BCUT2D eigenvalue weighted by Gasteiger charge is -2.35. The average Bonchev–Trinajstić information content (AvgIpc) is 2.55. The van der Waals surface area contributed by atoms with E-state index in [1.807, 2.05) is 0 Å². The molecule has 1 aliphatic rings. The van der Waals surface area contributed by atoms with Crippen molar-refractivity contribution in [1.29, 1.82) is 0 Å². The molecule has 0 aromatic carbocycles. The minimum atomic E-state index is 0.0132. The van der Waals surface area contributed by atoms with Crippen LogP contribution in [0.4, 0.5) is 0 Å². The minimum Gasteiger partial charge on any atom is -0.373 e. The average molecular weight is 382 g/mol. The summed E-state index contributed by atoms with van der Waals surface area (Å²) >= 11 is 0. The van der Waals surface area contributed by atoms with Crippen molar-refractivity contribution in [3.8, 4) is 0 Å². The Morgan fingerprint density at radius 2 is 1.11 bits per heavy atom. The van der Waals surface area contributed by atoms with Crippen LogP contribution in [0, 0.1) is 5.41 Å². The van der Waals surface area contributed by atoms with Gasteiger partial charge in [-0.3, -0.25) is 0 Å². The molecule has 0 unspecified atom stereocenters. The van der Waals surface area contributed by atoms with Crippen LogP contribution in [0.25, 0.3) is 0 Å². The fraction of sp³-hybridized carbons (Fsp3) is 1.00. The molecule has 0 aromatic heterocycles. The highest BCUT2D eigenvalue weighted by molar-refractivity contribution is 4.75. The van der Waals surface area contributed by atoms with Gasteiger partial charge < -0.3 is 9.64 Å². The van der Waals surface area contributed by atoms with E-state index in [0.29, 0.717) is 11.5 Å². The van der Waals surface area contributed by atoms with Gasteiger partial charge in [-0.15, -0.1) is 0 Å². The predicted octanol–water partition coefficient (Wildman–Crippen LogP) is 7.60. The number of rotatable bonds is 13. The largest absolute Gasteiger partial charge is 0.373 e. The zero-order valence-corrected chi connectivity index (χ0v) is 19.7. The molecule has 1 heterocycles. The monoisotopic (exact) mass is 381 g/mol. The van der Waals surface area contributed by atoms with Crippen LogP contribution in [0.15, 0.2) is 0 Å². The Kier molecular flexibility index (Phi) is 12.2. The van der Waals surface area contributed by atoms with Crippen LogP contribution < -0.4 is 0 Å². The van der Waals surface area contributed by atoms with Crippen LogP contribution in [-0.4, -0.2) is 36.2 Å². The van der Waals surface area contributed by atoms with Gasteiger partial charge in [-0.2, -0.15) is 0 Å². The van der Waals surface area contributed by atoms with E-state index in [1.165, 1.54) is 103 Å². The SMILES string of the molecule is CC(C)(C)CCCCCCCCCCCCN1CCC(OC(C)(C)C)CC1. The van der Waals surface area contributed by atoms with Crippen molar-refractivity contribution in [3.63, 3.8) is 0 Å². The van der Waals surface area contributed by atoms with E-state index in [1.54, 1.807) is 0 Å². The van der Waals surface area contributed by atoms with Gasteiger partial charge in [0.05, 0.1) is 11.7 Å². The number of ether oxygens (including phenoxy) is 1. The summed E-state index contributed by atoms with van der Waals surface area (Å²) in [6.45, 7) is 17.4. The molecule has 0 N–H and O–H groups in total. The first-order valence-corrected chi connectivity index (χ1v) is 12.1. The molecule has 0 aromatic rings. The molecular weight excluding hydrogens is 330 g/mol. The summed E-state index contributed by atoms with van der Waals surface area (Å²) < 4.78 is 6.13. The quantitative estimate of drug-likeness (QED) is 0.304. The van der Waals surface area contributed by atoms with E-state index in [2.05, 4.69) is 46.4 Å². The first-order chi connectivity index (χ1) is 12.7. The molecule has 1 fully saturated rings. The van der Waals surface area contributed by atoms with Gasteiger partial charge in [0.2, 0.25) is 0 Å². The fourth-order valence-electron chi connectivity index (χ4n) is 4.16. The smallest absolute Gasteiger partial charge is 0.0606 e. The lowest BCUT2D eigenvalue weighted by Crippen LogP contribution is -2.40. The summed E-state index contributed by atoms with van der Waals surface area (Å²) in [6, 6.07) is 0. The third kappa shape index (κ3) is 15.5. The van der Waals surface area contributed by atoms with Gasteiger partial charge in [0.15, 0.2) is 0 Å². The van der Waals surface area contributed by atoms with Crippen LogP contribution in [0.3, 0.4) is 0 Å². The summed E-state index contributed by atoms with van der Waals surface area (Å²) in [7, 11) is 0. The molecule has 0 amide bonds. The number of piperidine rings is 1. The third-order valence-electron chi connectivity index (χ3n) is 5.71. The van der Waals surface area contributed by atoms with E-state index in [-0.39, 0.29) is 5.60 Å². The van der Waals surface area contributed by atoms with Crippen molar-refractivity contribution in [2.75, 3.05) is 19.6 Å². The maximum absolute atomic E-state index is 6.13. The van der Waals surface area contributed by atoms with Gasteiger partial charge >= 0.3 is 0 Å². The molecular formula is C25H51NO. The van der Waals surface area contributed by atoms with Crippen molar-refractivity contribution < 1.29 is 4.74 Å². The Morgan fingerprint density at radius 1 is 0.667 bits per heavy atom. The number of likely N-dealkylation sites (tertiary alicyclic amines) is 1. The molecule has 2 nitrogen and oxygen atoms in total. The zero-order valence-electron chi connectivity index (χ0n) is 19.7. The molecule has 0 spiro atoms. The van der Waals surface area contributed by atoms with Crippen molar-refractivity contribution in [2.45, 2.75) is 137 Å². The van der Waals surface area contributed by atoms with Crippen molar-refractivity contribution in [3.05, 3.63) is 0 Å². The van der Waals surface area contributed by atoms with Gasteiger partial charge in [-0.1, -0.05) is 78.6 Å². The van der Waals surface area contributed by atoms with E-state index in [0.717, 1.165) is 0 Å². The second-order valence-electron chi connectivity index (χ2n) is 11.1. The standard InChI is InChI=1S/C25H51NO/c1-24(2,3)19-15-13-11-9-7-8-10-12-14-16-20-26-21-17-23(18-22-26)27-25(4,5)6/h23H,7-22H2,1-6H3. The van der Waals surface area contributed by atoms with Crippen molar-refractivity contribution >= 4 is 0 Å².